The number of para-hydroxylation sites is 1. The average molecular weight is 396 g/mol. The first-order valence-electron chi connectivity index (χ1n) is 9.35. The lowest BCUT2D eigenvalue weighted by Gasteiger charge is -2.27. The number of benzene rings is 2. The first-order chi connectivity index (χ1) is 13.3. The van der Waals surface area contributed by atoms with E-state index in [1.54, 1.807) is 10.9 Å². The highest BCUT2D eigenvalue weighted by Gasteiger charge is 2.47. The number of hydrogen-bond donors (Lipinski definition) is 1. The van der Waals surface area contributed by atoms with Crippen LogP contribution in [0.5, 0.6) is 0 Å². The molecule has 1 N–H and O–H groups in total. The average Bonchev–Trinajstić information content (AvgIpc) is 3.44. The van der Waals surface area contributed by atoms with Crippen LogP contribution in [0.15, 0.2) is 66.9 Å². The number of carbonyl (C=O) groups excluding carboxylic acids is 1. The molecule has 2 aliphatic heterocycles. The van der Waals surface area contributed by atoms with Crippen LogP contribution in [-0.4, -0.2) is 45.4 Å². The van der Waals surface area contributed by atoms with Crippen LogP contribution >= 0.6 is 12.4 Å². The Labute approximate surface area is 170 Å². The van der Waals surface area contributed by atoms with Gasteiger partial charge in [-0.2, -0.15) is 0 Å². The molecule has 1 amide bonds. The van der Waals surface area contributed by atoms with Crippen molar-refractivity contribution in [2.24, 2.45) is 11.8 Å². The number of hydrogen-bond acceptors (Lipinski definition) is 4. The summed E-state index contributed by atoms with van der Waals surface area (Å²) in [6.07, 6.45) is 1.73. The van der Waals surface area contributed by atoms with Crippen LogP contribution < -0.4 is 5.32 Å². The molecule has 5 rings (SSSR count). The van der Waals surface area contributed by atoms with Gasteiger partial charge in [-0.1, -0.05) is 53.7 Å². The van der Waals surface area contributed by atoms with Gasteiger partial charge < -0.3 is 10.2 Å². The van der Waals surface area contributed by atoms with Crippen LogP contribution in [0.2, 0.25) is 0 Å². The van der Waals surface area contributed by atoms with Gasteiger partial charge in [-0.05, 0) is 23.6 Å². The third-order valence-electron chi connectivity index (χ3n) is 5.70. The van der Waals surface area contributed by atoms with Crippen molar-refractivity contribution in [3.8, 4) is 5.69 Å². The molecule has 3 atom stereocenters. The summed E-state index contributed by atoms with van der Waals surface area (Å²) in [6, 6.07) is 20.1. The molecule has 0 bridgehead atoms. The van der Waals surface area contributed by atoms with Gasteiger partial charge in [0.25, 0.3) is 5.91 Å². The van der Waals surface area contributed by atoms with E-state index in [1.165, 1.54) is 5.56 Å². The summed E-state index contributed by atoms with van der Waals surface area (Å²) in [6.45, 7) is 2.67. The first kappa shape index (κ1) is 18.7. The van der Waals surface area contributed by atoms with E-state index in [4.69, 9.17) is 0 Å². The maximum absolute atomic E-state index is 13.3. The predicted molar refractivity (Wildman–Crippen MR) is 109 cm³/mol. The number of nitrogens with zero attached hydrogens (tertiary/aromatic N) is 4. The van der Waals surface area contributed by atoms with Gasteiger partial charge >= 0.3 is 0 Å². The molecule has 3 heterocycles. The lowest BCUT2D eigenvalue weighted by atomic mass is 9.89. The fourth-order valence-corrected chi connectivity index (χ4v) is 4.42. The van der Waals surface area contributed by atoms with Gasteiger partial charge in [0.05, 0.1) is 17.9 Å². The van der Waals surface area contributed by atoms with E-state index in [-0.39, 0.29) is 24.4 Å². The Morgan fingerprint density at radius 3 is 2.46 bits per heavy atom. The zero-order valence-electron chi connectivity index (χ0n) is 15.3. The molecule has 2 aromatic carbocycles. The van der Waals surface area contributed by atoms with Crippen molar-refractivity contribution in [1.29, 1.82) is 0 Å². The standard InChI is InChI=1S/C21H21N5O.ClH/c27-21(19-14-26(24-23-19)17-9-5-2-6-10-17)25-13-16-11-22-12-18(16)20(25)15-7-3-1-4-8-15;/h1-10,14,16,18,20,22H,11-13H2;1H/t16-,18-,20-;/m0./s1. The Bertz CT molecular complexity index is 946. The lowest BCUT2D eigenvalue weighted by Crippen LogP contribution is -2.34. The maximum Gasteiger partial charge on any atom is 0.276 e. The van der Waals surface area contributed by atoms with Crippen LogP contribution in [0.1, 0.15) is 22.1 Å². The summed E-state index contributed by atoms with van der Waals surface area (Å²) >= 11 is 0. The van der Waals surface area contributed by atoms with Gasteiger partial charge in [0.2, 0.25) is 0 Å². The molecule has 0 spiro atoms. The Hall–Kier alpha value is -2.70. The molecule has 2 aliphatic rings. The monoisotopic (exact) mass is 395 g/mol. The number of fused-ring (bicyclic) bond motifs is 1. The molecular weight excluding hydrogens is 374 g/mol. The topological polar surface area (TPSA) is 63.1 Å². The summed E-state index contributed by atoms with van der Waals surface area (Å²) in [5.74, 6) is 0.893. The van der Waals surface area contributed by atoms with Crippen LogP contribution in [0, 0.1) is 11.8 Å². The van der Waals surface area contributed by atoms with Crippen LogP contribution in [-0.2, 0) is 0 Å². The molecule has 28 heavy (non-hydrogen) atoms. The van der Waals surface area contributed by atoms with E-state index in [0.717, 1.165) is 25.3 Å². The quantitative estimate of drug-likeness (QED) is 0.740. The highest BCUT2D eigenvalue weighted by atomic mass is 35.5. The Kier molecular flexibility index (Phi) is 5.15. The minimum absolute atomic E-state index is 0. The van der Waals surface area contributed by atoms with Crippen molar-refractivity contribution in [1.82, 2.24) is 25.2 Å². The Balaban J connectivity index is 0.00000192. The number of nitrogens with one attached hydrogen (secondary N) is 1. The summed E-state index contributed by atoms with van der Waals surface area (Å²) in [5, 5.41) is 11.8. The van der Waals surface area contributed by atoms with Gasteiger partial charge in [-0.3, -0.25) is 4.79 Å². The Morgan fingerprint density at radius 1 is 1.00 bits per heavy atom. The normalized spacial score (nSPS) is 23.3. The van der Waals surface area contributed by atoms with E-state index >= 15 is 0 Å². The molecule has 6 nitrogen and oxygen atoms in total. The van der Waals surface area contributed by atoms with E-state index in [9.17, 15) is 4.79 Å². The third kappa shape index (κ3) is 3.19. The first-order valence-corrected chi connectivity index (χ1v) is 9.35. The smallest absolute Gasteiger partial charge is 0.276 e. The number of aromatic nitrogens is 3. The van der Waals surface area contributed by atoms with Crippen molar-refractivity contribution in [3.05, 3.63) is 78.1 Å². The SMILES string of the molecule is Cl.O=C(c1cn(-c2ccccc2)nn1)N1C[C@@H]2CNC[C@@H]2[C@@H]1c1ccccc1. The van der Waals surface area contributed by atoms with E-state index in [2.05, 4.69) is 27.8 Å². The second-order valence-corrected chi connectivity index (χ2v) is 7.28. The number of rotatable bonds is 3. The second-order valence-electron chi connectivity index (χ2n) is 7.28. The highest BCUT2D eigenvalue weighted by molar-refractivity contribution is 5.92. The van der Waals surface area contributed by atoms with Crippen LogP contribution in [0.3, 0.4) is 0 Å². The molecule has 3 aromatic rings. The molecule has 2 fully saturated rings. The van der Waals surface area contributed by atoms with Crippen molar-refractivity contribution in [3.63, 3.8) is 0 Å². The molecule has 0 radical (unpaired) electrons. The summed E-state index contributed by atoms with van der Waals surface area (Å²) < 4.78 is 1.66. The molecular formula is C21H22ClN5O. The number of amides is 1. The minimum Gasteiger partial charge on any atom is -0.329 e. The molecule has 7 heteroatoms. The maximum atomic E-state index is 13.3. The van der Waals surface area contributed by atoms with Crippen molar-refractivity contribution >= 4 is 18.3 Å². The predicted octanol–water partition coefficient (Wildman–Crippen LogP) is 2.72. The van der Waals surface area contributed by atoms with Gasteiger partial charge in [0, 0.05) is 25.6 Å². The Morgan fingerprint density at radius 2 is 1.71 bits per heavy atom. The summed E-state index contributed by atoms with van der Waals surface area (Å²) in [7, 11) is 0. The van der Waals surface area contributed by atoms with Crippen molar-refractivity contribution in [2.45, 2.75) is 6.04 Å². The molecule has 0 saturated carbocycles. The fraction of sp³-hybridized carbons (Fsp3) is 0.286. The van der Waals surface area contributed by atoms with Gasteiger partial charge in [-0.25, -0.2) is 4.68 Å². The molecule has 0 unspecified atom stereocenters. The van der Waals surface area contributed by atoms with Crippen LogP contribution in [0.4, 0.5) is 0 Å². The van der Waals surface area contributed by atoms with E-state index in [0.29, 0.717) is 17.5 Å². The fourth-order valence-electron chi connectivity index (χ4n) is 4.42. The van der Waals surface area contributed by atoms with E-state index in [1.807, 2.05) is 53.4 Å². The largest absolute Gasteiger partial charge is 0.329 e. The van der Waals surface area contributed by atoms with Crippen molar-refractivity contribution < 1.29 is 4.79 Å². The van der Waals surface area contributed by atoms with Gasteiger partial charge in [0.1, 0.15) is 0 Å². The number of halogens is 1. The zero-order valence-corrected chi connectivity index (χ0v) is 16.1. The summed E-state index contributed by atoms with van der Waals surface area (Å²) in [5.41, 5.74) is 2.48. The van der Waals surface area contributed by atoms with Gasteiger partial charge in [-0.15, -0.1) is 17.5 Å². The molecule has 0 aliphatic carbocycles. The number of carbonyl (C=O) groups is 1. The van der Waals surface area contributed by atoms with Crippen LogP contribution in [0.25, 0.3) is 5.69 Å². The molecule has 1 aromatic heterocycles. The highest BCUT2D eigenvalue weighted by Crippen LogP contribution is 2.43. The van der Waals surface area contributed by atoms with Crippen molar-refractivity contribution in [2.75, 3.05) is 19.6 Å². The lowest BCUT2D eigenvalue weighted by molar-refractivity contribution is 0.0708. The molecule has 144 valence electrons. The van der Waals surface area contributed by atoms with Gasteiger partial charge in [0.15, 0.2) is 5.69 Å². The van der Waals surface area contributed by atoms with E-state index < -0.39 is 0 Å². The zero-order chi connectivity index (χ0) is 18.2. The third-order valence-corrected chi connectivity index (χ3v) is 5.70. The molecule has 2 saturated heterocycles. The number of likely N-dealkylation sites (tertiary alicyclic amines) is 1. The summed E-state index contributed by atoms with van der Waals surface area (Å²) in [4.78, 5) is 15.3. The second kappa shape index (κ2) is 7.73. The minimum atomic E-state index is -0.0413.